The Hall–Kier alpha value is -3.87. The van der Waals surface area contributed by atoms with Crippen molar-refractivity contribution in [3.8, 4) is 0 Å². The van der Waals surface area contributed by atoms with Gasteiger partial charge in [-0.15, -0.1) is 5.10 Å². The van der Waals surface area contributed by atoms with Crippen LogP contribution in [0.25, 0.3) is 5.65 Å². The molecule has 0 bridgehead atoms. The highest BCUT2D eigenvalue weighted by molar-refractivity contribution is 5.93. The quantitative estimate of drug-likeness (QED) is 0.535. The third kappa shape index (κ3) is 3.96. The second-order valence-electron chi connectivity index (χ2n) is 7.26. The van der Waals surface area contributed by atoms with Crippen LogP contribution in [-0.2, 0) is 11.3 Å². The molecule has 2 aromatic carbocycles. The van der Waals surface area contributed by atoms with Crippen LogP contribution in [0.5, 0.6) is 0 Å². The summed E-state index contributed by atoms with van der Waals surface area (Å²) in [6.07, 6.45) is 1.64. The Kier molecular flexibility index (Phi) is 5.34. The fraction of sp³-hybridized carbons (Fsp3) is 0.174. The van der Waals surface area contributed by atoms with Crippen LogP contribution >= 0.6 is 0 Å². The molecule has 7 heteroatoms. The monoisotopic (exact) mass is 401 g/mol. The minimum Gasteiger partial charge on any atom is -0.356 e. The van der Waals surface area contributed by atoms with Crippen LogP contribution in [-0.4, -0.2) is 26.1 Å². The van der Waals surface area contributed by atoms with Gasteiger partial charge >= 0.3 is 5.69 Å². The molecule has 4 aromatic rings. The second kappa shape index (κ2) is 8.24. The second-order valence-corrected chi connectivity index (χ2v) is 7.26. The number of carbonyl (C=O) groups is 1. The summed E-state index contributed by atoms with van der Waals surface area (Å²) in [5, 5.41) is 7.59. The number of aromatic nitrogens is 3. The zero-order valence-corrected chi connectivity index (χ0v) is 16.9. The minimum atomic E-state index is -0.329. The minimum absolute atomic E-state index is 0.0711. The van der Waals surface area contributed by atoms with Gasteiger partial charge in [-0.2, -0.15) is 0 Å². The van der Waals surface area contributed by atoms with Gasteiger partial charge in [-0.3, -0.25) is 9.20 Å². The fourth-order valence-electron chi connectivity index (χ4n) is 3.40. The van der Waals surface area contributed by atoms with Crippen LogP contribution < -0.4 is 15.9 Å². The summed E-state index contributed by atoms with van der Waals surface area (Å²) in [7, 11) is 0. The smallest absolute Gasteiger partial charge is 0.350 e. The van der Waals surface area contributed by atoms with E-state index in [1.807, 2.05) is 68.4 Å². The van der Waals surface area contributed by atoms with Gasteiger partial charge in [-0.05, 0) is 62.4 Å². The Labute approximate surface area is 174 Å². The number of anilines is 3. The molecule has 0 aliphatic carbocycles. The maximum Gasteiger partial charge on any atom is 0.350 e. The molecular formula is C23H23N5O2. The molecule has 152 valence electrons. The molecule has 0 atom stereocenters. The highest BCUT2D eigenvalue weighted by Crippen LogP contribution is 2.23. The zero-order valence-electron chi connectivity index (χ0n) is 16.9. The van der Waals surface area contributed by atoms with Crippen molar-refractivity contribution in [2.75, 3.05) is 10.2 Å². The number of benzene rings is 2. The van der Waals surface area contributed by atoms with Crippen molar-refractivity contribution in [2.45, 2.75) is 26.4 Å². The zero-order chi connectivity index (χ0) is 21.1. The molecule has 0 aliphatic rings. The molecule has 0 saturated heterocycles. The van der Waals surface area contributed by atoms with Crippen LogP contribution in [0, 0.1) is 0 Å². The van der Waals surface area contributed by atoms with Gasteiger partial charge in [0, 0.05) is 29.3 Å². The lowest BCUT2D eigenvalue weighted by Gasteiger charge is -2.27. The van der Waals surface area contributed by atoms with Gasteiger partial charge in [-0.1, -0.05) is 24.3 Å². The van der Waals surface area contributed by atoms with Crippen LogP contribution in [0.2, 0.25) is 0 Å². The van der Waals surface area contributed by atoms with Crippen LogP contribution in [0.15, 0.2) is 83.8 Å². The molecule has 2 heterocycles. The molecule has 0 aliphatic heterocycles. The summed E-state index contributed by atoms with van der Waals surface area (Å²) in [6.45, 7) is 3.77. The molecule has 0 unspecified atom stereocenters. The molecule has 0 radical (unpaired) electrons. The fourth-order valence-corrected chi connectivity index (χ4v) is 3.40. The van der Waals surface area contributed by atoms with Gasteiger partial charge in [0.15, 0.2) is 5.65 Å². The molecule has 2 aromatic heterocycles. The van der Waals surface area contributed by atoms with Gasteiger partial charge in [0.1, 0.15) is 6.54 Å². The van der Waals surface area contributed by atoms with Crippen molar-refractivity contribution >= 4 is 28.6 Å². The van der Waals surface area contributed by atoms with E-state index in [9.17, 15) is 9.59 Å². The average molecular weight is 401 g/mol. The number of nitrogens with one attached hydrogen (secondary N) is 1. The highest BCUT2D eigenvalue weighted by Gasteiger charge is 2.21. The highest BCUT2D eigenvalue weighted by atomic mass is 16.2. The summed E-state index contributed by atoms with van der Waals surface area (Å²) < 4.78 is 2.63. The van der Waals surface area contributed by atoms with E-state index >= 15 is 0 Å². The van der Waals surface area contributed by atoms with E-state index in [0.29, 0.717) is 5.65 Å². The largest absolute Gasteiger partial charge is 0.356 e. The van der Waals surface area contributed by atoms with E-state index in [1.165, 1.54) is 9.08 Å². The number of nitrogens with zero attached hydrogens (tertiary/aromatic N) is 4. The van der Waals surface area contributed by atoms with Gasteiger partial charge in [0.25, 0.3) is 0 Å². The maximum absolute atomic E-state index is 13.1. The Balaban J connectivity index is 1.54. The van der Waals surface area contributed by atoms with Crippen molar-refractivity contribution in [1.29, 1.82) is 0 Å². The summed E-state index contributed by atoms with van der Waals surface area (Å²) in [6, 6.07) is 22.8. The summed E-state index contributed by atoms with van der Waals surface area (Å²) in [5.41, 5.74) is 2.88. The standard InChI is InChI=1S/C23H23N5O2/c1-17(2)28(20-13-11-19(12-14-20)24-18-8-4-3-5-9-18)22(29)16-27-23(30)26-15-7-6-10-21(26)25-27/h3-15,17,24H,16H2,1-2H3. The summed E-state index contributed by atoms with van der Waals surface area (Å²) >= 11 is 0. The van der Waals surface area contributed by atoms with Gasteiger partial charge in [0.2, 0.25) is 5.91 Å². The SMILES string of the molecule is CC(C)N(C(=O)Cn1nc2ccccn2c1=O)c1ccc(Nc2ccccc2)cc1. The third-order valence-electron chi connectivity index (χ3n) is 4.77. The van der Waals surface area contributed by atoms with Crippen LogP contribution in [0.3, 0.4) is 0 Å². The van der Waals surface area contributed by atoms with Crippen molar-refractivity contribution in [1.82, 2.24) is 14.2 Å². The Morgan fingerprint density at radius 1 is 0.967 bits per heavy atom. The van der Waals surface area contributed by atoms with E-state index in [0.717, 1.165) is 17.1 Å². The van der Waals surface area contributed by atoms with Crippen molar-refractivity contribution in [3.63, 3.8) is 0 Å². The Morgan fingerprint density at radius 2 is 1.63 bits per heavy atom. The molecule has 0 saturated carbocycles. The van der Waals surface area contributed by atoms with Crippen molar-refractivity contribution in [2.24, 2.45) is 0 Å². The first-order chi connectivity index (χ1) is 14.5. The van der Waals surface area contributed by atoms with E-state index in [-0.39, 0.29) is 24.2 Å². The summed E-state index contributed by atoms with van der Waals surface area (Å²) in [5.74, 6) is -0.195. The number of carbonyl (C=O) groups excluding carboxylic acids is 1. The van der Waals surface area contributed by atoms with Gasteiger partial charge in [0.05, 0.1) is 0 Å². The van der Waals surface area contributed by atoms with Gasteiger partial charge < -0.3 is 10.2 Å². The lowest BCUT2D eigenvalue weighted by atomic mass is 10.2. The normalized spacial score (nSPS) is 11.0. The topological polar surface area (TPSA) is 71.6 Å². The molecule has 0 spiro atoms. The predicted octanol–water partition coefficient (Wildman–Crippen LogP) is 3.68. The van der Waals surface area contributed by atoms with E-state index in [2.05, 4.69) is 10.4 Å². The molecule has 30 heavy (non-hydrogen) atoms. The Morgan fingerprint density at radius 3 is 2.30 bits per heavy atom. The van der Waals surface area contributed by atoms with E-state index < -0.39 is 0 Å². The first kappa shape index (κ1) is 19.4. The van der Waals surface area contributed by atoms with Crippen molar-refractivity contribution in [3.05, 3.63) is 89.5 Å². The summed E-state index contributed by atoms with van der Waals surface area (Å²) in [4.78, 5) is 27.2. The van der Waals surface area contributed by atoms with Crippen molar-refractivity contribution < 1.29 is 4.79 Å². The first-order valence-corrected chi connectivity index (χ1v) is 9.81. The number of hydrogen-bond donors (Lipinski definition) is 1. The Bertz CT molecular complexity index is 1210. The number of pyridine rings is 1. The predicted molar refractivity (Wildman–Crippen MR) is 118 cm³/mol. The van der Waals surface area contributed by atoms with Gasteiger partial charge in [-0.25, -0.2) is 9.48 Å². The first-order valence-electron chi connectivity index (χ1n) is 9.81. The van der Waals surface area contributed by atoms with E-state index in [1.54, 1.807) is 29.3 Å². The molecular weight excluding hydrogens is 378 g/mol. The number of hydrogen-bond acceptors (Lipinski definition) is 4. The average Bonchev–Trinajstić information content (AvgIpc) is 3.05. The molecule has 4 rings (SSSR count). The number of rotatable bonds is 6. The molecule has 0 fully saturated rings. The number of amides is 1. The van der Waals surface area contributed by atoms with E-state index in [4.69, 9.17) is 0 Å². The number of para-hydroxylation sites is 1. The lowest BCUT2D eigenvalue weighted by molar-refractivity contribution is -0.119. The maximum atomic E-state index is 13.1. The van der Waals surface area contributed by atoms with Crippen LogP contribution in [0.4, 0.5) is 17.1 Å². The third-order valence-corrected chi connectivity index (χ3v) is 4.77. The van der Waals surface area contributed by atoms with Crippen LogP contribution in [0.1, 0.15) is 13.8 Å². The molecule has 1 N–H and O–H groups in total. The molecule has 7 nitrogen and oxygen atoms in total. The lowest BCUT2D eigenvalue weighted by Crippen LogP contribution is -2.41. The number of fused-ring (bicyclic) bond motifs is 1. The molecule has 1 amide bonds.